The van der Waals surface area contributed by atoms with Crippen LogP contribution in [0.3, 0.4) is 0 Å². The summed E-state index contributed by atoms with van der Waals surface area (Å²) in [6.07, 6.45) is 0. The molecule has 0 spiro atoms. The van der Waals surface area contributed by atoms with Gasteiger partial charge in [0, 0.05) is 21.3 Å². The summed E-state index contributed by atoms with van der Waals surface area (Å²) in [5.41, 5.74) is 6.98. The second-order valence-corrected chi connectivity index (χ2v) is 5.39. The molecule has 3 N–H and O–H groups in total. The molecular formula is C15H14BrFN2O. The van der Waals surface area contributed by atoms with Crippen molar-refractivity contribution in [2.24, 2.45) is 5.73 Å². The standard InChI is InChI=1S/C15H14BrFN2O/c1-9(13-8-11(16)4-7-14(13)17)19-12-5-2-10(3-6-12)15(18)20/h2-9,19H,1H3,(H2,18,20). The van der Waals surface area contributed by atoms with Crippen molar-refractivity contribution < 1.29 is 9.18 Å². The van der Waals surface area contributed by atoms with Crippen LogP contribution in [-0.4, -0.2) is 5.91 Å². The smallest absolute Gasteiger partial charge is 0.248 e. The maximum Gasteiger partial charge on any atom is 0.248 e. The van der Waals surface area contributed by atoms with Crippen LogP contribution in [0.4, 0.5) is 10.1 Å². The minimum absolute atomic E-state index is 0.202. The van der Waals surface area contributed by atoms with Gasteiger partial charge in [0.2, 0.25) is 5.91 Å². The first kappa shape index (κ1) is 14.5. The number of hydrogen-bond acceptors (Lipinski definition) is 2. The van der Waals surface area contributed by atoms with Crippen LogP contribution >= 0.6 is 15.9 Å². The normalized spacial score (nSPS) is 11.9. The van der Waals surface area contributed by atoms with E-state index in [4.69, 9.17) is 5.73 Å². The SMILES string of the molecule is CC(Nc1ccc(C(N)=O)cc1)c1cc(Br)ccc1F. The number of halogens is 2. The molecule has 0 bridgehead atoms. The fourth-order valence-electron chi connectivity index (χ4n) is 1.90. The van der Waals surface area contributed by atoms with Gasteiger partial charge in [0.1, 0.15) is 5.82 Å². The van der Waals surface area contributed by atoms with Crippen molar-refractivity contribution >= 4 is 27.5 Å². The summed E-state index contributed by atoms with van der Waals surface area (Å²) in [5.74, 6) is -0.732. The Labute approximate surface area is 125 Å². The average Bonchev–Trinajstić information content (AvgIpc) is 2.42. The third kappa shape index (κ3) is 3.36. The quantitative estimate of drug-likeness (QED) is 0.890. The summed E-state index contributed by atoms with van der Waals surface area (Å²) in [5, 5.41) is 3.18. The zero-order valence-corrected chi connectivity index (χ0v) is 12.4. The number of carbonyl (C=O) groups excluding carboxylic acids is 1. The van der Waals surface area contributed by atoms with E-state index in [2.05, 4.69) is 21.2 Å². The van der Waals surface area contributed by atoms with Gasteiger partial charge in [-0.2, -0.15) is 0 Å². The van der Waals surface area contributed by atoms with E-state index in [-0.39, 0.29) is 11.9 Å². The number of rotatable bonds is 4. The van der Waals surface area contributed by atoms with Gasteiger partial charge in [-0.1, -0.05) is 15.9 Å². The molecule has 3 nitrogen and oxygen atoms in total. The number of carbonyl (C=O) groups is 1. The second kappa shape index (κ2) is 6.05. The number of amides is 1. The number of anilines is 1. The largest absolute Gasteiger partial charge is 0.378 e. The Hall–Kier alpha value is -1.88. The number of primary amides is 1. The van der Waals surface area contributed by atoms with Crippen LogP contribution in [-0.2, 0) is 0 Å². The Morgan fingerprint density at radius 3 is 2.50 bits per heavy atom. The zero-order valence-electron chi connectivity index (χ0n) is 10.9. The van der Waals surface area contributed by atoms with Crippen molar-refractivity contribution in [1.29, 1.82) is 0 Å². The van der Waals surface area contributed by atoms with Crippen molar-refractivity contribution in [2.75, 3.05) is 5.32 Å². The van der Waals surface area contributed by atoms with Gasteiger partial charge < -0.3 is 11.1 Å². The van der Waals surface area contributed by atoms with Crippen LogP contribution in [0.2, 0.25) is 0 Å². The van der Waals surface area contributed by atoms with E-state index in [9.17, 15) is 9.18 Å². The molecule has 0 saturated carbocycles. The third-order valence-corrected chi connectivity index (χ3v) is 3.47. The molecule has 0 aliphatic carbocycles. The Morgan fingerprint density at radius 1 is 1.25 bits per heavy atom. The molecule has 5 heteroatoms. The zero-order chi connectivity index (χ0) is 14.7. The topological polar surface area (TPSA) is 55.1 Å². The molecule has 1 atom stereocenters. The fraction of sp³-hybridized carbons (Fsp3) is 0.133. The second-order valence-electron chi connectivity index (χ2n) is 4.47. The highest BCUT2D eigenvalue weighted by atomic mass is 79.9. The molecule has 0 aliphatic rings. The first-order valence-electron chi connectivity index (χ1n) is 6.08. The van der Waals surface area contributed by atoms with Gasteiger partial charge >= 0.3 is 0 Å². The van der Waals surface area contributed by atoms with E-state index < -0.39 is 5.91 Å². The highest BCUT2D eigenvalue weighted by Gasteiger charge is 2.11. The lowest BCUT2D eigenvalue weighted by molar-refractivity contribution is 0.100. The number of nitrogens with two attached hydrogens (primary N) is 1. The molecule has 2 aromatic rings. The van der Waals surface area contributed by atoms with Crippen molar-refractivity contribution in [3.05, 3.63) is 63.9 Å². The van der Waals surface area contributed by atoms with E-state index in [0.29, 0.717) is 11.1 Å². The Morgan fingerprint density at radius 2 is 1.90 bits per heavy atom. The lowest BCUT2D eigenvalue weighted by Crippen LogP contribution is -2.11. The summed E-state index contributed by atoms with van der Waals surface area (Å²) in [7, 11) is 0. The van der Waals surface area contributed by atoms with Crippen molar-refractivity contribution in [2.45, 2.75) is 13.0 Å². The van der Waals surface area contributed by atoms with Gasteiger partial charge in [-0.3, -0.25) is 4.79 Å². The maximum atomic E-state index is 13.8. The number of benzene rings is 2. The van der Waals surface area contributed by atoms with Crippen molar-refractivity contribution in [1.82, 2.24) is 0 Å². The summed E-state index contributed by atoms with van der Waals surface area (Å²) in [6, 6.07) is 11.4. The number of nitrogens with one attached hydrogen (secondary N) is 1. The Bertz CT molecular complexity index is 628. The van der Waals surface area contributed by atoms with Crippen molar-refractivity contribution in [3.63, 3.8) is 0 Å². The molecule has 0 heterocycles. The minimum Gasteiger partial charge on any atom is -0.378 e. The van der Waals surface area contributed by atoms with Crippen LogP contribution in [0.5, 0.6) is 0 Å². The van der Waals surface area contributed by atoms with Crippen molar-refractivity contribution in [3.8, 4) is 0 Å². The maximum absolute atomic E-state index is 13.8. The fourth-order valence-corrected chi connectivity index (χ4v) is 2.28. The lowest BCUT2D eigenvalue weighted by atomic mass is 10.1. The molecule has 0 saturated heterocycles. The lowest BCUT2D eigenvalue weighted by Gasteiger charge is -2.17. The van der Waals surface area contributed by atoms with Gasteiger partial charge in [-0.15, -0.1) is 0 Å². The molecule has 2 aromatic carbocycles. The van der Waals surface area contributed by atoms with Crippen LogP contribution in [0.25, 0.3) is 0 Å². The Kier molecular flexibility index (Phi) is 4.39. The number of hydrogen-bond donors (Lipinski definition) is 2. The minimum atomic E-state index is -0.470. The van der Waals surface area contributed by atoms with Gasteiger partial charge in [-0.05, 0) is 49.4 Å². The summed E-state index contributed by atoms with van der Waals surface area (Å²) in [4.78, 5) is 11.0. The molecule has 0 aromatic heterocycles. The van der Waals surface area contributed by atoms with E-state index in [1.807, 2.05) is 6.92 Å². The molecule has 104 valence electrons. The molecular weight excluding hydrogens is 323 g/mol. The van der Waals surface area contributed by atoms with E-state index >= 15 is 0 Å². The molecule has 0 fully saturated rings. The van der Waals surface area contributed by atoms with Gasteiger partial charge in [-0.25, -0.2) is 4.39 Å². The predicted molar refractivity (Wildman–Crippen MR) is 81.1 cm³/mol. The monoisotopic (exact) mass is 336 g/mol. The average molecular weight is 337 g/mol. The van der Waals surface area contributed by atoms with E-state index in [1.54, 1.807) is 36.4 Å². The first-order chi connectivity index (χ1) is 9.47. The van der Waals surface area contributed by atoms with Crippen LogP contribution in [0.15, 0.2) is 46.9 Å². The van der Waals surface area contributed by atoms with Crippen LogP contribution in [0.1, 0.15) is 28.9 Å². The van der Waals surface area contributed by atoms with Crippen LogP contribution < -0.4 is 11.1 Å². The third-order valence-electron chi connectivity index (χ3n) is 2.98. The summed E-state index contributed by atoms with van der Waals surface area (Å²) >= 11 is 3.33. The first-order valence-corrected chi connectivity index (χ1v) is 6.88. The van der Waals surface area contributed by atoms with Gasteiger partial charge in [0.05, 0.1) is 6.04 Å². The highest BCUT2D eigenvalue weighted by molar-refractivity contribution is 9.10. The van der Waals surface area contributed by atoms with E-state index in [0.717, 1.165) is 10.2 Å². The molecule has 0 radical (unpaired) electrons. The molecule has 1 unspecified atom stereocenters. The molecule has 20 heavy (non-hydrogen) atoms. The van der Waals surface area contributed by atoms with E-state index in [1.165, 1.54) is 6.07 Å². The molecule has 1 amide bonds. The van der Waals surface area contributed by atoms with Gasteiger partial charge in [0.25, 0.3) is 0 Å². The summed E-state index contributed by atoms with van der Waals surface area (Å²) in [6.45, 7) is 1.87. The predicted octanol–water partition coefficient (Wildman–Crippen LogP) is 3.86. The summed E-state index contributed by atoms with van der Waals surface area (Å²) < 4.78 is 14.6. The van der Waals surface area contributed by atoms with Crippen LogP contribution in [0, 0.1) is 5.82 Å². The molecule has 2 rings (SSSR count). The van der Waals surface area contributed by atoms with Gasteiger partial charge in [0.15, 0.2) is 0 Å². The Balaban J connectivity index is 2.16. The highest BCUT2D eigenvalue weighted by Crippen LogP contribution is 2.24. The molecule has 0 aliphatic heterocycles.